The summed E-state index contributed by atoms with van der Waals surface area (Å²) in [4.78, 5) is 12.3. The zero-order valence-corrected chi connectivity index (χ0v) is 13.9. The van der Waals surface area contributed by atoms with Crippen LogP contribution in [-0.4, -0.2) is 25.7 Å². The summed E-state index contributed by atoms with van der Waals surface area (Å²) in [6.07, 6.45) is 0.306. The van der Waals surface area contributed by atoms with Crippen LogP contribution in [0.2, 0.25) is 0 Å². The molecule has 0 bridgehead atoms. The van der Waals surface area contributed by atoms with Crippen molar-refractivity contribution < 1.29 is 19.0 Å². The molecule has 3 rings (SSSR count). The summed E-state index contributed by atoms with van der Waals surface area (Å²) >= 11 is 0. The molecule has 1 amide bonds. The fourth-order valence-electron chi connectivity index (χ4n) is 2.58. The summed E-state index contributed by atoms with van der Waals surface area (Å²) in [5, 5.41) is 2.94. The molecule has 1 aliphatic rings. The van der Waals surface area contributed by atoms with Crippen LogP contribution >= 0.6 is 0 Å². The lowest BCUT2D eigenvalue weighted by Crippen LogP contribution is -2.18. The van der Waals surface area contributed by atoms with Crippen LogP contribution in [-0.2, 0) is 11.2 Å². The van der Waals surface area contributed by atoms with Gasteiger partial charge in [-0.1, -0.05) is 12.1 Å². The average Bonchev–Trinajstić information content (AvgIpc) is 2.57. The molecule has 0 spiro atoms. The Balaban J connectivity index is 1.66. The third kappa shape index (κ3) is 3.79. The molecule has 5 nitrogen and oxygen atoms in total. The lowest BCUT2D eigenvalue weighted by molar-refractivity contribution is -0.115. The number of ether oxygens (including phenoxy) is 3. The van der Waals surface area contributed by atoms with Crippen LogP contribution in [0.5, 0.6) is 17.2 Å². The first kappa shape index (κ1) is 16.2. The average molecular weight is 327 g/mol. The molecule has 1 aliphatic heterocycles. The number of nitrogens with one attached hydrogen (secondary N) is 1. The predicted octanol–water partition coefficient (Wildman–Crippen LogP) is 3.35. The number of carbonyl (C=O) groups excluding carboxylic acids is 1. The maximum Gasteiger partial charge on any atom is 0.228 e. The van der Waals surface area contributed by atoms with Gasteiger partial charge in [-0.25, -0.2) is 0 Å². The van der Waals surface area contributed by atoms with Crippen molar-refractivity contribution in [3.05, 3.63) is 47.5 Å². The van der Waals surface area contributed by atoms with E-state index in [0.717, 1.165) is 28.3 Å². The van der Waals surface area contributed by atoms with Crippen molar-refractivity contribution >= 4 is 11.6 Å². The molecule has 0 fully saturated rings. The summed E-state index contributed by atoms with van der Waals surface area (Å²) < 4.78 is 16.5. The number of amides is 1. The highest BCUT2D eigenvalue weighted by Gasteiger charge is 2.15. The van der Waals surface area contributed by atoms with Gasteiger partial charge in [0.1, 0.15) is 19.0 Å². The second-order valence-electron chi connectivity index (χ2n) is 5.61. The summed E-state index contributed by atoms with van der Waals surface area (Å²) in [5.74, 6) is 2.13. The molecular formula is C19H21NO4. The van der Waals surface area contributed by atoms with Crippen molar-refractivity contribution in [3.63, 3.8) is 0 Å². The first-order chi connectivity index (χ1) is 11.7. The van der Waals surface area contributed by atoms with Crippen molar-refractivity contribution in [2.45, 2.75) is 20.3 Å². The first-order valence-electron chi connectivity index (χ1n) is 8.07. The lowest BCUT2D eigenvalue weighted by atomic mass is 10.1. The van der Waals surface area contributed by atoms with E-state index in [0.29, 0.717) is 32.0 Å². The van der Waals surface area contributed by atoms with Crippen LogP contribution in [0.1, 0.15) is 18.1 Å². The van der Waals surface area contributed by atoms with Gasteiger partial charge in [-0.05, 0) is 43.2 Å². The zero-order chi connectivity index (χ0) is 16.9. The standard InChI is InChI=1S/C19H21NO4/c1-3-22-15-6-4-14(5-7-15)11-19(21)20-16-12-18-17(10-13(16)2)23-8-9-24-18/h4-7,10,12H,3,8-9,11H2,1-2H3,(H,20,21). The molecular weight excluding hydrogens is 306 g/mol. The number of fused-ring (bicyclic) bond motifs is 1. The van der Waals surface area contributed by atoms with Crippen LogP contribution in [0.4, 0.5) is 5.69 Å². The van der Waals surface area contributed by atoms with E-state index < -0.39 is 0 Å². The van der Waals surface area contributed by atoms with Crippen molar-refractivity contribution in [3.8, 4) is 17.2 Å². The third-order valence-electron chi connectivity index (χ3n) is 3.76. The van der Waals surface area contributed by atoms with Crippen molar-refractivity contribution in [1.82, 2.24) is 0 Å². The topological polar surface area (TPSA) is 56.8 Å². The van der Waals surface area contributed by atoms with E-state index in [1.807, 2.05) is 50.2 Å². The van der Waals surface area contributed by atoms with Crippen molar-refractivity contribution in [1.29, 1.82) is 0 Å². The Hall–Kier alpha value is -2.69. The maximum absolute atomic E-state index is 12.3. The Labute approximate surface area is 141 Å². The van der Waals surface area contributed by atoms with E-state index in [9.17, 15) is 4.79 Å². The van der Waals surface area contributed by atoms with Gasteiger partial charge in [0.25, 0.3) is 0 Å². The van der Waals surface area contributed by atoms with E-state index in [2.05, 4.69) is 5.32 Å². The van der Waals surface area contributed by atoms with Gasteiger partial charge in [0.05, 0.1) is 13.0 Å². The number of rotatable bonds is 5. The lowest BCUT2D eigenvalue weighted by Gasteiger charge is -2.20. The van der Waals surface area contributed by atoms with Gasteiger partial charge in [-0.2, -0.15) is 0 Å². The predicted molar refractivity (Wildman–Crippen MR) is 92.1 cm³/mol. The third-order valence-corrected chi connectivity index (χ3v) is 3.76. The summed E-state index contributed by atoms with van der Waals surface area (Å²) in [5.41, 5.74) is 2.63. The maximum atomic E-state index is 12.3. The largest absolute Gasteiger partial charge is 0.494 e. The monoisotopic (exact) mass is 327 g/mol. The number of benzene rings is 2. The smallest absolute Gasteiger partial charge is 0.228 e. The molecule has 0 radical (unpaired) electrons. The number of aryl methyl sites for hydroxylation is 1. The summed E-state index contributed by atoms with van der Waals surface area (Å²) in [6, 6.07) is 11.3. The highest BCUT2D eigenvalue weighted by atomic mass is 16.6. The molecule has 2 aromatic carbocycles. The Morgan fingerprint density at radius 3 is 2.46 bits per heavy atom. The number of anilines is 1. The molecule has 1 heterocycles. The minimum absolute atomic E-state index is 0.0704. The number of hydrogen-bond donors (Lipinski definition) is 1. The van der Waals surface area contributed by atoms with Crippen LogP contribution in [0.15, 0.2) is 36.4 Å². The van der Waals surface area contributed by atoms with Gasteiger partial charge >= 0.3 is 0 Å². The molecule has 2 aromatic rings. The zero-order valence-electron chi connectivity index (χ0n) is 13.9. The molecule has 0 aromatic heterocycles. The van der Waals surface area contributed by atoms with Crippen molar-refractivity contribution in [2.24, 2.45) is 0 Å². The second-order valence-corrected chi connectivity index (χ2v) is 5.61. The van der Waals surface area contributed by atoms with E-state index in [1.54, 1.807) is 0 Å². The molecule has 0 atom stereocenters. The van der Waals surface area contributed by atoms with Gasteiger partial charge in [0.2, 0.25) is 5.91 Å². The van der Waals surface area contributed by atoms with Gasteiger partial charge in [-0.15, -0.1) is 0 Å². The highest BCUT2D eigenvalue weighted by molar-refractivity contribution is 5.93. The minimum atomic E-state index is -0.0704. The van der Waals surface area contributed by atoms with E-state index in [-0.39, 0.29) is 5.91 Å². The molecule has 0 saturated carbocycles. The van der Waals surface area contributed by atoms with E-state index >= 15 is 0 Å². The Kier molecular flexibility index (Phi) is 4.89. The van der Waals surface area contributed by atoms with Gasteiger partial charge < -0.3 is 19.5 Å². The van der Waals surface area contributed by atoms with Gasteiger partial charge in [0.15, 0.2) is 11.5 Å². The van der Waals surface area contributed by atoms with Gasteiger partial charge in [0, 0.05) is 11.8 Å². The molecule has 0 saturated heterocycles. The summed E-state index contributed by atoms with van der Waals surface area (Å²) in [6.45, 7) is 5.58. The minimum Gasteiger partial charge on any atom is -0.494 e. The molecule has 126 valence electrons. The normalized spacial score (nSPS) is 12.6. The quantitative estimate of drug-likeness (QED) is 0.915. The molecule has 24 heavy (non-hydrogen) atoms. The SMILES string of the molecule is CCOc1ccc(CC(=O)Nc2cc3c(cc2C)OCCO3)cc1. The van der Waals surface area contributed by atoms with Crippen LogP contribution < -0.4 is 19.5 Å². The van der Waals surface area contributed by atoms with Gasteiger partial charge in [-0.3, -0.25) is 4.79 Å². The van der Waals surface area contributed by atoms with E-state index in [1.165, 1.54) is 0 Å². The Morgan fingerprint density at radius 1 is 1.12 bits per heavy atom. The Morgan fingerprint density at radius 2 is 1.79 bits per heavy atom. The fourth-order valence-corrected chi connectivity index (χ4v) is 2.58. The van der Waals surface area contributed by atoms with Crippen molar-refractivity contribution in [2.75, 3.05) is 25.1 Å². The molecule has 0 aliphatic carbocycles. The number of carbonyl (C=O) groups is 1. The first-order valence-corrected chi connectivity index (χ1v) is 8.07. The molecule has 1 N–H and O–H groups in total. The summed E-state index contributed by atoms with van der Waals surface area (Å²) in [7, 11) is 0. The fraction of sp³-hybridized carbons (Fsp3) is 0.316. The van der Waals surface area contributed by atoms with Crippen LogP contribution in [0, 0.1) is 6.92 Å². The van der Waals surface area contributed by atoms with Crippen LogP contribution in [0.3, 0.4) is 0 Å². The second kappa shape index (κ2) is 7.25. The Bertz CT molecular complexity index is 725. The molecule has 0 unspecified atom stereocenters. The highest BCUT2D eigenvalue weighted by Crippen LogP contribution is 2.35. The molecule has 5 heteroatoms. The number of hydrogen-bond acceptors (Lipinski definition) is 4. The van der Waals surface area contributed by atoms with Crippen LogP contribution in [0.25, 0.3) is 0 Å². The van der Waals surface area contributed by atoms with E-state index in [4.69, 9.17) is 14.2 Å².